The first-order valence-corrected chi connectivity index (χ1v) is 3.51. The average Bonchev–Trinajstić information content (AvgIpc) is 2.21. The van der Waals surface area contributed by atoms with Crippen LogP contribution in [0, 0.1) is 0 Å². The molecular weight excluding hydrogens is 480 g/mol. The van der Waals surface area contributed by atoms with Gasteiger partial charge in [-0.25, -0.2) is 19.9 Å². The Labute approximate surface area is 138 Å². The number of nitrogens with zero attached hydrogens (tertiary/aromatic N) is 4. The van der Waals surface area contributed by atoms with E-state index in [1.54, 1.807) is 36.9 Å². The molecule has 2 heterocycles. The molecule has 97 valence electrons. The van der Waals surface area contributed by atoms with Crippen molar-refractivity contribution in [1.82, 2.24) is 19.9 Å². The van der Waals surface area contributed by atoms with E-state index >= 15 is 0 Å². The zero-order chi connectivity index (χ0) is 8.23. The molecule has 0 bridgehead atoms. The Morgan fingerprint density at radius 1 is 0.529 bits per heavy atom. The van der Waals surface area contributed by atoms with Gasteiger partial charge in [0.15, 0.2) is 11.6 Å². The predicted molar refractivity (Wildman–Crippen MR) is 43.1 cm³/mol. The second kappa shape index (κ2) is 14.0. The van der Waals surface area contributed by atoms with Crippen LogP contribution in [0.2, 0.25) is 0 Å². The quantitative estimate of drug-likeness (QED) is 0.402. The van der Waals surface area contributed by atoms with Crippen molar-refractivity contribution in [3.05, 3.63) is 36.9 Å². The van der Waals surface area contributed by atoms with Crippen LogP contribution < -0.4 is 49.6 Å². The maximum Gasteiger partial charge on any atom is 0.197 e. The predicted octanol–water partition coefficient (Wildman–Crippen LogP) is -11.1. The van der Waals surface area contributed by atoms with E-state index in [1.807, 2.05) is 0 Å². The van der Waals surface area contributed by atoms with Crippen molar-refractivity contribution < 1.29 is 70.1 Å². The van der Waals surface area contributed by atoms with Crippen LogP contribution in [0.25, 0.3) is 11.6 Å². The second-order valence-electron chi connectivity index (χ2n) is 2.14. The van der Waals surface area contributed by atoms with Gasteiger partial charge in [-0.3, -0.25) is 0 Å². The fourth-order valence-corrected chi connectivity index (χ4v) is 0.829. The molecule has 17 heavy (non-hydrogen) atoms. The van der Waals surface area contributed by atoms with Crippen LogP contribution in [0.5, 0.6) is 0 Å². The molecule has 1 radical (unpaired) electrons. The van der Waals surface area contributed by atoms with Gasteiger partial charge >= 0.3 is 0 Å². The SMILES string of the molecule is [Cl-].[Cl-].[Cl-].[Cl-].[Re].c1cnc(-c2ncccn2)nc1. The number of hydrogen-bond donors (Lipinski definition) is 0. The summed E-state index contributed by atoms with van der Waals surface area (Å²) in [5.41, 5.74) is 0. The van der Waals surface area contributed by atoms with E-state index in [9.17, 15) is 0 Å². The summed E-state index contributed by atoms with van der Waals surface area (Å²) in [6.45, 7) is 0. The van der Waals surface area contributed by atoms with Crippen molar-refractivity contribution >= 4 is 0 Å². The normalized spacial score (nSPS) is 6.82. The number of halogens is 4. The Balaban J connectivity index is -0.000000169. The van der Waals surface area contributed by atoms with E-state index in [2.05, 4.69) is 19.9 Å². The van der Waals surface area contributed by atoms with Crippen molar-refractivity contribution in [2.75, 3.05) is 0 Å². The zero-order valence-electron chi connectivity index (χ0n) is 8.14. The van der Waals surface area contributed by atoms with Crippen LogP contribution in [0.1, 0.15) is 0 Å². The van der Waals surface area contributed by atoms with Gasteiger partial charge in [0.25, 0.3) is 0 Å². The third-order valence-corrected chi connectivity index (χ3v) is 1.33. The van der Waals surface area contributed by atoms with Crippen LogP contribution in [-0.2, 0) is 20.4 Å². The standard InChI is InChI=1S/C8H6N4.4ClH.Re/c1-3-9-7(10-4-1)8-11-5-2-6-12-8;;;;;/h1-6H;4*1H;/p-4. The number of aromatic nitrogens is 4. The Bertz CT molecular complexity index is 327. The van der Waals surface area contributed by atoms with Gasteiger partial charge in [0.1, 0.15) is 0 Å². The van der Waals surface area contributed by atoms with E-state index in [0.717, 1.165) is 0 Å². The molecule has 4 nitrogen and oxygen atoms in total. The Morgan fingerprint density at radius 2 is 0.765 bits per heavy atom. The maximum absolute atomic E-state index is 4.01. The minimum Gasteiger partial charge on any atom is -1.00 e. The molecule has 2 rings (SSSR count). The monoisotopic (exact) mass is 485 g/mol. The fraction of sp³-hybridized carbons (Fsp3) is 0. The van der Waals surface area contributed by atoms with Crippen molar-refractivity contribution in [2.24, 2.45) is 0 Å². The first kappa shape index (κ1) is 25.7. The van der Waals surface area contributed by atoms with Crippen molar-refractivity contribution in [1.29, 1.82) is 0 Å². The summed E-state index contributed by atoms with van der Waals surface area (Å²) in [6, 6.07) is 3.51. The minimum absolute atomic E-state index is 0. The molecular formula is C8H6Cl4N4Re-4. The third kappa shape index (κ3) is 7.83. The average molecular weight is 486 g/mol. The molecule has 0 N–H and O–H groups in total. The molecule has 0 aliphatic heterocycles. The van der Waals surface area contributed by atoms with E-state index < -0.39 is 0 Å². The molecule has 0 fully saturated rings. The summed E-state index contributed by atoms with van der Waals surface area (Å²) in [5.74, 6) is 1.11. The second-order valence-corrected chi connectivity index (χ2v) is 2.14. The molecule has 0 aliphatic carbocycles. The number of hydrogen-bond acceptors (Lipinski definition) is 4. The minimum atomic E-state index is 0. The zero-order valence-corrected chi connectivity index (χ0v) is 13.9. The van der Waals surface area contributed by atoms with Crippen LogP contribution in [-0.4, -0.2) is 19.9 Å². The van der Waals surface area contributed by atoms with E-state index in [4.69, 9.17) is 0 Å². The molecule has 0 amide bonds. The summed E-state index contributed by atoms with van der Waals surface area (Å²) in [4.78, 5) is 16.1. The smallest absolute Gasteiger partial charge is 0.197 e. The topological polar surface area (TPSA) is 51.6 Å². The van der Waals surface area contributed by atoms with Gasteiger partial charge < -0.3 is 49.6 Å². The van der Waals surface area contributed by atoms with Gasteiger partial charge in [0.05, 0.1) is 0 Å². The molecule has 0 aliphatic rings. The van der Waals surface area contributed by atoms with Crippen molar-refractivity contribution in [3.8, 4) is 11.6 Å². The molecule has 0 saturated heterocycles. The van der Waals surface area contributed by atoms with Crippen LogP contribution in [0.4, 0.5) is 0 Å². The molecule has 0 unspecified atom stereocenters. The summed E-state index contributed by atoms with van der Waals surface area (Å²) < 4.78 is 0. The molecule has 0 atom stereocenters. The molecule has 0 aromatic carbocycles. The fourth-order valence-electron chi connectivity index (χ4n) is 0.829. The Kier molecular flexibility index (Phi) is 21.3. The third-order valence-electron chi connectivity index (χ3n) is 1.33. The van der Waals surface area contributed by atoms with Gasteiger partial charge in [0.2, 0.25) is 0 Å². The first-order valence-electron chi connectivity index (χ1n) is 3.51. The largest absolute Gasteiger partial charge is 1.00 e. The van der Waals surface area contributed by atoms with Crippen LogP contribution >= 0.6 is 0 Å². The van der Waals surface area contributed by atoms with Crippen LogP contribution in [0.3, 0.4) is 0 Å². The van der Waals surface area contributed by atoms with Crippen molar-refractivity contribution in [3.63, 3.8) is 0 Å². The summed E-state index contributed by atoms with van der Waals surface area (Å²) in [6.07, 6.45) is 6.66. The molecule has 0 saturated carbocycles. The van der Waals surface area contributed by atoms with E-state index in [0.29, 0.717) is 11.6 Å². The van der Waals surface area contributed by atoms with Gasteiger partial charge in [-0.1, -0.05) is 0 Å². The van der Waals surface area contributed by atoms with Gasteiger partial charge in [-0.05, 0) is 12.1 Å². The van der Waals surface area contributed by atoms with Gasteiger partial charge in [-0.2, -0.15) is 0 Å². The number of rotatable bonds is 1. The summed E-state index contributed by atoms with van der Waals surface area (Å²) in [7, 11) is 0. The van der Waals surface area contributed by atoms with E-state index in [-0.39, 0.29) is 70.1 Å². The van der Waals surface area contributed by atoms with Gasteiger partial charge in [0, 0.05) is 45.2 Å². The molecule has 0 spiro atoms. The Hall–Kier alpha value is -0.0177. The maximum atomic E-state index is 4.01. The molecule has 2 aromatic rings. The molecule has 2 aromatic heterocycles. The van der Waals surface area contributed by atoms with Gasteiger partial charge in [-0.15, -0.1) is 0 Å². The van der Waals surface area contributed by atoms with Crippen molar-refractivity contribution in [2.45, 2.75) is 0 Å². The summed E-state index contributed by atoms with van der Waals surface area (Å²) >= 11 is 0. The van der Waals surface area contributed by atoms with Crippen LogP contribution in [0.15, 0.2) is 36.9 Å². The van der Waals surface area contributed by atoms with E-state index in [1.165, 1.54) is 0 Å². The molecule has 9 heteroatoms. The first-order chi connectivity index (χ1) is 5.97. The Morgan fingerprint density at radius 3 is 1.00 bits per heavy atom. The summed E-state index contributed by atoms with van der Waals surface area (Å²) in [5, 5.41) is 0.